The van der Waals surface area contributed by atoms with Crippen molar-refractivity contribution in [2.45, 2.75) is 6.04 Å². The van der Waals surface area contributed by atoms with Crippen LogP contribution in [0.3, 0.4) is 0 Å². The number of aromatic hydroxyl groups is 2. The number of hydrogen-bond donors (Lipinski definition) is 6. The van der Waals surface area contributed by atoms with Crippen LogP contribution in [0.25, 0.3) is 0 Å². The molecule has 0 aliphatic carbocycles. The van der Waals surface area contributed by atoms with Crippen LogP contribution >= 0.6 is 15.9 Å². The predicted molar refractivity (Wildman–Crippen MR) is 85.2 cm³/mol. The number of hydrogen-bond acceptors (Lipinski definition) is 8. The Labute approximate surface area is 149 Å². The molecule has 4 amide bonds. The molecule has 1 heterocycles. The molecule has 0 aromatic heterocycles. The number of phenols is 2. The number of halogens is 1. The Morgan fingerprint density at radius 1 is 1.28 bits per heavy atom. The Morgan fingerprint density at radius 3 is 2.44 bits per heavy atom. The number of rotatable bonds is 4. The molecule has 7 N–H and O–H groups in total. The molecule has 0 spiro atoms. The van der Waals surface area contributed by atoms with E-state index in [-0.39, 0.29) is 16.6 Å². The lowest BCUT2D eigenvalue weighted by atomic mass is 10.1. The summed E-state index contributed by atoms with van der Waals surface area (Å²) in [5.74, 6) is -2.83. The Morgan fingerprint density at radius 2 is 1.88 bits per heavy atom. The number of benzene rings is 1. The zero-order chi connectivity index (χ0) is 18.9. The fourth-order valence-corrected chi connectivity index (χ4v) is 2.87. The van der Waals surface area contributed by atoms with E-state index in [4.69, 9.17) is 5.73 Å². The van der Waals surface area contributed by atoms with Crippen molar-refractivity contribution in [3.8, 4) is 11.5 Å². The van der Waals surface area contributed by atoms with E-state index >= 15 is 0 Å². The van der Waals surface area contributed by atoms with E-state index in [1.807, 2.05) is 0 Å². The third-order valence-corrected chi connectivity index (χ3v) is 4.51. The number of carbonyl (C=O) groups excluding carboxylic acids is 3. The summed E-state index contributed by atoms with van der Waals surface area (Å²) in [7, 11) is -4.52. The second-order valence-electron chi connectivity index (χ2n) is 4.84. The fraction of sp³-hybridized carbons (Fsp3) is 0.182. The maximum absolute atomic E-state index is 11.9. The SMILES string of the molecule is NC1CN(C(=O)NS(=O)(=O)NNC(=O)c2cc(O)c(O)cc2Br)C1=O. The van der Waals surface area contributed by atoms with Crippen LogP contribution in [0.15, 0.2) is 16.6 Å². The number of nitrogens with zero attached hydrogens (tertiary/aromatic N) is 1. The minimum absolute atomic E-state index is 0.0729. The van der Waals surface area contributed by atoms with Crippen LogP contribution in [0.2, 0.25) is 0 Å². The van der Waals surface area contributed by atoms with Crippen LogP contribution in [-0.2, 0) is 15.0 Å². The van der Waals surface area contributed by atoms with Crippen LogP contribution in [0.5, 0.6) is 11.5 Å². The molecule has 0 saturated carbocycles. The van der Waals surface area contributed by atoms with Gasteiger partial charge >= 0.3 is 16.2 Å². The number of β-lactam (4-membered cyclic amide) rings is 1. The first-order valence-electron chi connectivity index (χ1n) is 6.44. The van der Waals surface area contributed by atoms with Gasteiger partial charge in [-0.2, -0.15) is 8.42 Å². The van der Waals surface area contributed by atoms with Crippen molar-refractivity contribution in [1.82, 2.24) is 19.9 Å². The molecule has 0 radical (unpaired) electrons. The van der Waals surface area contributed by atoms with Gasteiger partial charge in [0.25, 0.3) is 5.91 Å². The lowest BCUT2D eigenvalue weighted by molar-refractivity contribution is -0.137. The largest absolute Gasteiger partial charge is 0.504 e. The molecule has 1 atom stereocenters. The summed E-state index contributed by atoms with van der Waals surface area (Å²) in [5.41, 5.74) is 6.86. The quantitative estimate of drug-likeness (QED) is 0.181. The Hall–Kier alpha value is -2.42. The van der Waals surface area contributed by atoms with E-state index < -0.39 is 45.6 Å². The number of urea groups is 1. The number of nitrogens with one attached hydrogen (secondary N) is 3. The highest BCUT2D eigenvalue weighted by Crippen LogP contribution is 2.31. The summed E-state index contributed by atoms with van der Waals surface area (Å²) in [6.45, 7) is -0.133. The molecule has 1 unspecified atom stereocenters. The third kappa shape index (κ3) is 4.16. The van der Waals surface area contributed by atoms with Gasteiger partial charge in [0.05, 0.1) is 12.1 Å². The van der Waals surface area contributed by atoms with Crippen LogP contribution in [0, 0.1) is 0 Å². The molecule has 1 fully saturated rings. The van der Waals surface area contributed by atoms with Crippen molar-refractivity contribution in [3.63, 3.8) is 0 Å². The zero-order valence-electron chi connectivity index (χ0n) is 12.2. The Bertz CT molecular complexity index is 859. The average Bonchev–Trinajstić information content (AvgIpc) is 2.52. The van der Waals surface area contributed by atoms with Gasteiger partial charge < -0.3 is 15.9 Å². The standard InChI is InChI=1S/C11H12BrN5O7S/c12-5-2-8(19)7(18)1-4(5)9(20)14-16-25(23,24)15-11(22)17-3-6(13)10(17)21/h1-2,6,16,18-19H,3,13H2,(H,14,20)(H,15,22). The van der Waals surface area contributed by atoms with Crippen LogP contribution in [0.4, 0.5) is 4.79 Å². The summed E-state index contributed by atoms with van der Waals surface area (Å²) in [5, 5.41) is 18.6. The van der Waals surface area contributed by atoms with Crippen molar-refractivity contribution in [2.24, 2.45) is 5.73 Å². The number of phenolic OH excluding ortho intramolecular Hbond substituents is 2. The van der Waals surface area contributed by atoms with Gasteiger partial charge in [-0.1, -0.05) is 0 Å². The summed E-state index contributed by atoms with van der Waals surface area (Å²) >= 11 is 2.96. The van der Waals surface area contributed by atoms with Gasteiger partial charge in [-0.05, 0) is 28.1 Å². The van der Waals surface area contributed by atoms with E-state index in [1.54, 1.807) is 10.3 Å². The fourth-order valence-electron chi connectivity index (χ4n) is 1.74. The Kier molecular flexibility index (Phi) is 5.17. The zero-order valence-corrected chi connectivity index (χ0v) is 14.6. The molecule has 0 bridgehead atoms. The van der Waals surface area contributed by atoms with Gasteiger partial charge in [0.2, 0.25) is 5.91 Å². The molecule has 1 aromatic carbocycles. The number of carbonyl (C=O) groups is 3. The predicted octanol–water partition coefficient (Wildman–Crippen LogP) is -1.78. The number of imide groups is 1. The van der Waals surface area contributed by atoms with E-state index in [2.05, 4.69) is 15.9 Å². The Balaban J connectivity index is 1.98. The highest BCUT2D eigenvalue weighted by atomic mass is 79.9. The van der Waals surface area contributed by atoms with Crippen molar-refractivity contribution >= 4 is 44.0 Å². The molecule has 1 saturated heterocycles. The third-order valence-electron chi connectivity index (χ3n) is 3.04. The average molecular weight is 438 g/mol. The van der Waals surface area contributed by atoms with Crippen molar-refractivity contribution in [1.29, 1.82) is 0 Å². The molecular formula is C11H12BrN5O7S. The topological polar surface area (TPSA) is 191 Å². The smallest absolute Gasteiger partial charge is 0.338 e. The molecule has 2 rings (SSSR count). The number of amides is 4. The van der Waals surface area contributed by atoms with Gasteiger partial charge in [0, 0.05) is 4.47 Å². The van der Waals surface area contributed by atoms with Crippen molar-refractivity contribution in [2.75, 3.05) is 6.54 Å². The highest BCUT2D eigenvalue weighted by Gasteiger charge is 2.39. The molecule has 1 aliphatic rings. The maximum atomic E-state index is 11.9. The van der Waals surface area contributed by atoms with Crippen molar-refractivity contribution in [3.05, 3.63) is 22.2 Å². The lowest BCUT2D eigenvalue weighted by Crippen LogP contribution is -2.66. The minimum Gasteiger partial charge on any atom is -0.504 e. The second kappa shape index (κ2) is 6.83. The first-order valence-corrected chi connectivity index (χ1v) is 8.71. The van der Waals surface area contributed by atoms with E-state index in [1.165, 1.54) is 4.72 Å². The monoisotopic (exact) mass is 437 g/mol. The molecule has 14 heteroatoms. The van der Waals surface area contributed by atoms with Gasteiger partial charge in [-0.25, -0.2) is 9.52 Å². The first kappa shape index (κ1) is 18.9. The van der Waals surface area contributed by atoms with Crippen LogP contribution in [-0.4, -0.2) is 54.0 Å². The summed E-state index contributed by atoms with van der Waals surface area (Å²) in [6, 6.07) is -0.168. The van der Waals surface area contributed by atoms with Gasteiger partial charge in [0.1, 0.15) is 6.04 Å². The normalized spacial score (nSPS) is 17.0. The molecular weight excluding hydrogens is 426 g/mol. The maximum Gasteiger partial charge on any atom is 0.338 e. The number of hydrazine groups is 1. The summed E-state index contributed by atoms with van der Waals surface area (Å²) < 4.78 is 25.0. The molecule has 1 aliphatic heterocycles. The minimum atomic E-state index is -4.52. The highest BCUT2D eigenvalue weighted by molar-refractivity contribution is 9.10. The van der Waals surface area contributed by atoms with E-state index in [0.29, 0.717) is 4.90 Å². The lowest BCUT2D eigenvalue weighted by Gasteiger charge is -2.33. The number of nitrogens with two attached hydrogens (primary N) is 1. The number of likely N-dealkylation sites (tertiary alicyclic amines) is 1. The van der Waals surface area contributed by atoms with Gasteiger partial charge in [-0.15, -0.1) is 4.83 Å². The van der Waals surface area contributed by atoms with E-state index in [9.17, 15) is 33.0 Å². The summed E-state index contributed by atoms with van der Waals surface area (Å²) in [6.07, 6.45) is 0. The van der Waals surface area contributed by atoms with Crippen molar-refractivity contribution < 1.29 is 33.0 Å². The van der Waals surface area contributed by atoms with E-state index in [0.717, 1.165) is 12.1 Å². The molecule has 12 nitrogen and oxygen atoms in total. The molecule has 25 heavy (non-hydrogen) atoms. The van der Waals surface area contributed by atoms with Crippen LogP contribution in [0.1, 0.15) is 10.4 Å². The second-order valence-corrected chi connectivity index (χ2v) is 7.11. The van der Waals surface area contributed by atoms with Gasteiger partial charge in [0.15, 0.2) is 11.5 Å². The van der Waals surface area contributed by atoms with Crippen LogP contribution < -0.4 is 20.7 Å². The molecule has 1 aromatic rings. The first-order chi connectivity index (χ1) is 11.5. The molecule has 136 valence electrons. The van der Waals surface area contributed by atoms with Gasteiger partial charge in [-0.3, -0.25) is 19.9 Å². The summed E-state index contributed by atoms with van der Waals surface area (Å²) in [4.78, 5) is 36.9.